The van der Waals surface area contributed by atoms with E-state index in [0.29, 0.717) is 11.2 Å². The number of para-hydroxylation sites is 1. The molecule has 3 rings (SSSR count). The summed E-state index contributed by atoms with van der Waals surface area (Å²) >= 11 is 0. The Hall–Kier alpha value is -2.80. The van der Waals surface area contributed by atoms with E-state index < -0.39 is 16.1 Å². The van der Waals surface area contributed by atoms with Gasteiger partial charge in [-0.2, -0.15) is 0 Å². The van der Waals surface area contributed by atoms with Gasteiger partial charge in [-0.15, -0.1) is 0 Å². The molecular weight excluding hydrogens is 352 g/mol. The molecule has 7 heteroatoms. The first kappa shape index (κ1) is 18.0. The quantitative estimate of drug-likeness (QED) is 0.762. The van der Waals surface area contributed by atoms with Crippen molar-refractivity contribution >= 4 is 27.0 Å². The third-order valence-corrected chi connectivity index (χ3v) is 6.16. The summed E-state index contributed by atoms with van der Waals surface area (Å²) in [6, 6.07) is 14.0. The summed E-state index contributed by atoms with van der Waals surface area (Å²) in [4.78, 5) is 11.7. The van der Waals surface area contributed by atoms with Crippen molar-refractivity contribution in [2.24, 2.45) is 0 Å². The van der Waals surface area contributed by atoms with E-state index >= 15 is 0 Å². The topological polar surface area (TPSA) is 77.4 Å². The molecule has 0 unspecified atom stereocenters. The molecule has 0 atom stereocenters. The lowest BCUT2D eigenvalue weighted by molar-refractivity contribution is 0.170. The Labute approximate surface area is 152 Å². The molecule has 1 N–H and O–H groups in total. The highest BCUT2D eigenvalue weighted by Crippen LogP contribution is 2.30. The van der Waals surface area contributed by atoms with Crippen LogP contribution in [0.5, 0.6) is 0 Å². The highest BCUT2D eigenvalue weighted by molar-refractivity contribution is 7.90. The molecule has 0 aliphatic carbocycles. The number of nitrogens with zero attached hydrogens (tertiary/aromatic N) is 1. The lowest BCUT2D eigenvalue weighted by Gasteiger charge is -2.11. The van der Waals surface area contributed by atoms with E-state index in [0.717, 1.165) is 16.5 Å². The maximum Gasteiger partial charge on any atom is 0.407 e. The minimum Gasteiger partial charge on any atom is -0.453 e. The van der Waals surface area contributed by atoms with Crippen LogP contribution in [0.2, 0.25) is 0 Å². The lowest BCUT2D eigenvalue weighted by Crippen LogP contribution is -2.23. The fourth-order valence-corrected chi connectivity index (χ4v) is 4.57. The van der Waals surface area contributed by atoms with E-state index in [9.17, 15) is 13.2 Å². The molecule has 0 saturated heterocycles. The van der Waals surface area contributed by atoms with Crippen LogP contribution in [-0.4, -0.2) is 25.6 Å². The first-order valence-corrected chi connectivity index (χ1v) is 9.53. The van der Waals surface area contributed by atoms with Crippen LogP contribution in [0.15, 0.2) is 53.4 Å². The molecule has 0 aliphatic heterocycles. The Morgan fingerprint density at radius 3 is 2.38 bits per heavy atom. The molecule has 26 heavy (non-hydrogen) atoms. The summed E-state index contributed by atoms with van der Waals surface area (Å²) in [6.45, 7) is 3.82. The minimum absolute atomic E-state index is 0.176. The smallest absolute Gasteiger partial charge is 0.407 e. The third kappa shape index (κ3) is 3.06. The van der Waals surface area contributed by atoms with Crippen LogP contribution in [0.4, 0.5) is 4.79 Å². The Morgan fingerprint density at radius 1 is 1.08 bits per heavy atom. The second kappa shape index (κ2) is 6.84. The van der Waals surface area contributed by atoms with Crippen LogP contribution >= 0.6 is 0 Å². The van der Waals surface area contributed by atoms with E-state index in [1.165, 1.54) is 11.1 Å². The van der Waals surface area contributed by atoms with Gasteiger partial charge in [0.05, 0.1) is 17.5 Å². The number of aryl methyl sites for hydroxylation is 1. The van der Waals surface area contributed by atoms with E-state index in [1.54, 1.807) is 43.3 Å². The highest BCUT2D eigenvalue weighted by atomic mass is 32.2. The molecule has 6 nitrogen and oxygen atoms in total. The Morgan fingerprint density at radius 2 is 1.73 bits per heavy atom. The van der Waals surface area contributed by atoms with Gasteiger partial charge in [-0.3, -0.25) is 0 Å². The van der Waals surface area contributed by atoms with Gasteiger partial charge in [0.25, 0.3) is 10.0 Å². The number of carbonyl (C=O) groups is 1. The molecule has 0 bridgehead atoms. The zero-order valence-corrected chi connectivity index (χ0v) is 15.6. The minimum atomic E-state index is -3.76. The van der Waals surface area contributed by atoms with Gasteiger partial charge >= 0.3 is 6.09 Å². The van der Waals surface area contributed by atoms with Crippen LogP contribution < -0.4 is 5.32 Å². The van der Waals surface area contributed by atoms with Gasteiger partial charge in [0.1, 0.15) is 0 Å². The first-order valence-electron chi connectivity index (χ1n) is 8.09. The SMILES string of the molecule is COC(=O)NCc1c(C)n(S(=O)(=O)c2ccc(C)cc2)c2ccccc12. The van der Waals surface area contributed by atoms with Crippen LogP contribution in [0.1, 0.15) is 16.8 Å². The molecule has 1 amide bonds. The fraction of sp³-hybridized carbons (Fsp3) is 0.211. The summed E-state index contributed by atoms with van der Waals surface area (Å²) in [6.07, 6.45) is -0.567. The predicted molar refractivity (Wildman–Crippen MR) is 99.7 cm³/mol. The molecule has 0 radical (unpaired) electrons. The molecular formula is C19H20N2O4S. The molecule has 3 aromatic rings. The van der Waals surface area contributed by atoms with Gasteiger partial charge < -0.3 is 10.1 Å². The van der Waals surface area contributed by atoms with Crippen LogP contribution in [-0.2, 0) is 21.3 Å². The summed E-state index contributed by atoms with van der Waals surface area (Å²) in [5.41, 5.74) is 2.86. The normalized spacial score (nSPS) is 11.5. The molecule has 1 aromatic heterocycles. The van der Waals surface area contributed by atoms with Crippen LogP contribution in [0.25, 0.3) is 10.9 Å². The third-order valence-electron chi connectivity index (χ3n) is 4.34. The van der Waals surface area contributed by atoms with Crippen LogP contribution in [0.3, 0.4) is 0 Å². The number of alkyl carbamates (subject to hydrolysis) is 1. The van der Waals surface area contributed by atoms with E-state index in [4.69, 9.17) is 0 Å². The largest absolute Gasteiger partial charge is 0.453 e. The van der Waals surface area contributed by atoms with Crippen molar-refractivity contribution in [2.45, 2.75) is 25.3 Å². The number of ether oxygens (including phenoxy) is 1. The van der Waals surface area contributed by atoms with Crippen molar-refractivity contribution < 1.29 is 17.9 Å². The summed E-state index contributed by atoms with van der Waals surface area (Å²) < 4.78 is 32.4. The number of rotatable bonds is 4. The summed E-state index contributed by atoms with van der Waals surface area (Å²) in [5.74, 6) is 0. The number of methoxy groups -OCH3 is 1. The molecule has 1 heterocycles. The van der Waals surface area contributed by atoms with Crippen LogP contribution in [0, 0.1) is 13.8 Å². The molecule has 136 valence electrons. The zero-order valence-electron chi connectivity index (χ0n) is 14.8. The van der Waals surface area contributed by atoms with Gasteiger partial charge in [-0.25, -0.2) is 17.2 Å². The maximum atomic E-state index is 13.2. The Bertz CT molecular complexity index is 1070. The van der Waals surface area contributed by atoms with Crippen molar-refractivity contribution in [3.63, 3.8) is 0 Å². The number of carbonyl (C=O) groups excluding carboxylic acids is 1. The maximum absolute atomic E-state index is 13.2. The highest BCUT2D eigenvalue weighted by Gasteiger charge is 2.24. The molecule has 0 aliphatic rings. The van der Waals surface area contributed by atoms with Crippen molar-refractivity contribution in [2.75, 3.05) is 7.11 Å². The Balaban J connectivity index is 2.18. The number of amides is 1. The second-order valence-corrected chi connectivity index (χ2v) is 7.80. The van der Waals surface area contributed by atoms with Crippen molar-refractivity contribution in [1.29, 1.82) is 0 Å². The average molecular weight is 372 g/mol. The van der Waals surface area contributed by atoms with E-state index in [2.05, 4.69) is 10.1 Å². The lowest BCUT2D eigenvalue weighted by atomic mass is 10.1. The standard InChI is InChI=1S/C19H20N2O4S/c1-13-8-10-15(11-9-13)26(23,24)21-14(2)17(12-20-19(22)25-3)16-6-4-5-7-18(16)21/h4-11H,12H2,1-3H3,(H,20,22). The summed E-state index contributed by atoms with van der Waals surface area (Å²) in [7, 11) is -2.48. The van der Waals surface area contributed by atoms with E-state index in [-0.39, 0.29) is 11.4 Å². The predicted octanol–water partition coefficient (Wildman–Crippen LogP) is 3.35. The van der Waals surface area contributed by atoms with Crippen molar-refractivity contribution in [3.05, 3.63) is 65.4 Å². The van der Waals surface area contributed by atoms with Crippen molar-refractivity contribution in [1.82, 2.24) is 9.29 Å². The van der Waals surface area contributed by atoms with E-state index in [1.807, 2.05) is 19.1 Å². The molecule has 0 saturated carbocycles. The van der Waals surface area contributed by atoms with Gasteiger partial charge in [0.2, 0.25) is 0 Å². The number of nitrogens with one attached hydrogen (secondary N) is 1. The molecule has 2 aromatic carbocycles. The fourth-order valence-electron chi connectivity index (χ4n) is 2.99. The number of fused-ring (bicyclic) bond motifs is 1. The van der Waals surface area contributed by atoms with Gasteiger partial charge in [0, 0.05) is 23.2 Å². The number of aromatic nitrogens is 1. The average Bonchev–Trinajstić information content (AvgIpc) is 2.92. The molecule has 0 spiro atoms. The van der Waals surface area contributed by atoms with Gasteiger partial charge in [0.15, 0.2) is 0 Å². The second-order valence-electron chi connectivity index (χ2n) is 6.01. The zero-order chi connectivity index (χ0) is 18.9. The van der Waals surface area contributed by atoms with Crippen molar-refractivity contribution in [3.8, 4) is 0 Å². The molecule has 0 fully saturated rings. The van der Waals surface area contributed by atoms with Gasteiger partial charge in [-0.05, 0) is 32.0 Å². The number of hydrogen-bond donors (Lipinski definition) is 1. The summed E-state index contributed by atoms with van der Waals surface area (Å²) in [5, 5.41) is 3.40. The Kier molecular flexibility index (Phi) is 4.73. The number of hydrogen-bond acceptors (Lipinski definition) is 4. The monoisotopic (exact) mass is 372 g/mol. The number of benzene rings is 2. The first-order chi connectivity index (χ1) is 12.4. The van der Waals surface area contributed by atoms with Gasteiger partial charge in [-0.1, -0.05) is 35.9 Å².